The molecule has 316 valence electrons. The van der Waals surface area contributed by atoms with Gasteiger partial charge in [0.15, 0.2) is 11.6 Å². The van der Waals surface area contributed by atoms with Gasteiger partial charge in [-0.25, -0.2) is 4.98 Å². The van der Waals surface area contributed by atoms with E-state index in [9.17, 15) is 0 Å². The fourth-order valence-electron chi connectivity index (χ4n) is 10.7. The van der Waals surface area contributed by atoms with Gasteiger partial charge in [-0.3, -0.25) is 4.57 Å². The van der Waals surface area contributed by atoms with Crippen LogP contribution in [0.25, 0.3) is 133 Å². The molecule has 0 fully saturated rings. The molecule has 0 N–H and O–H groups in total. The zero-order valence-corrected chi connectivity index (χ0v) is 36.8. The van der Waals surface area contributed by atoms with Gasteiger partial charge in [-0.05, 0) is 103 Å². The van der Waals surface area contributed by atoms with Crippen LogP contribution in [0.2, 0.25) is 0 Å². The molecule has 0 aliphatic heterocycles. The SMILES string of the molecule is c1ccc(-c2cccc(-c3cccc(-c4nc(-c5ccccc5)nc(-n5c6ccccc6c6c7c8ccccc8n(-c8ccc9c%10ccccc%10c%10ccccc%10c9c8)c7ccc65)n4)c3)c2)cc1. The third-order valence-electron chi connectivity index (χ3n) is 13.7. The molecule has 0 bridgehead atoms. The lowest BCUT2D eigenvalue weighted by Gasteiger charge is -2.14. The lowest BCUT2D eigenvalue weighted by molar-refractivity contribution is 0.953. The summed E-state index contributed by atoms with van der Waals surface area (Å²) >= 11 is 0. The van der Waals surface area contributed by atoms with Crippen molar-refractivity contribution in [2.24, 2.45) is 0 Å². The van der Waals surface area contributed by atoms with Crippen LogP contribution < -0.4 is 0 Å². The number of benzene rings is 11. The van der Waals surface area contributed by atoms with Crippen LogP contribution in [0.1, 0.15) is 0 Å². The smallest absolute Gasteiger partial charge is 0.238 e. The minimum absolute atomic E-state index is 0.563. The van der Waals surface area contributed by atoms with Crippen LogP contribution in [-0.4, -0.2) is 24.1 Å². The zero-order chi connectivity index (χ0) is 44.7. The quantitative estimate of drug-likeness (QED) is 0.156. The summed E-state index contributed by atoms with van der Waals surface area (Å²) in [6.07, 6.45) is 0. The number of fused-ring (bicyclic) bond motifs is 13. The van der Waals surface area contributed by atoms with E-state index >= 15 is 0 Å². The van der Waals surface area contributed by atoms with Crippen molar-refractivity contribution in [1.29, 1.82) is 0 Å². The van der Waals surface area contributed by atoms with Gasteiger partial charge >= 0.3 is 0 Å². The van der Waals surface area contributed by atoms with Crippen LogP contribution in [0.3, 0.4) is 0 Å². The van der Waals surface area contributed by atoms with E-state index < -0.39 is 0 Å². The van der Waals surface area contributed by atoms with E-state index in [2.05, 4.69) is 228 Å². The summed E-state index contributed by atoms with van der Waals surface area (Å²) in [4.78, 5) is 15.9. The number of hydrogen-bond donors (Lipinski definition) is 0. The summed E-state index contributed by atoms with van der Waals surface area (Å²) in [5.74, 6) is 1.78. The Morgan fingerprint density at radius 2 is 0.647 bits per heavy atom. The molecule has 5 heteroatoms. The van der Waals surface area contributed by atoms with E-state index in [-0.39, 0.29) is 0 Å². The highest BCUT2D eigenvalue weighted by Gasteiger charge is 2.23. The first-order valence-electron chi connectivity index (χ1n) is 23.1. The topological polar surface area (TPSA) is 48.5 Å². The molecule has 0 unspecified atom stereocenters. The first-order valence-corrected chi connectivity index (χ1v) is 23.1. The molecular weight excluding hydrogens is 827 g/mol. The maximum Gasteiger partial charge on any atom is 0.238 e. The van der Waals surface area contributed by atoms with Crippen LogP contribution in [0.4, 0.5) is 0 Å². The van der Waals surface area contributed by atoms with Gasteiger partial charge in [0.2, 0.25) is 5.95 Å². The molecule has 0 aliphatic carbocycles. The van der Waals surface area contributed by atoms with Crippen LogP contribution in [-0.2, 0) is 0 Å². The third kappa shape index (κ3) is 5.93. The van der Waals surface area contributed by atoms with Crippen molar-refractivity contribution in [2.45, 2.75) is 0 Å². The molecule has 3 aromatic heterocycles. The number of nitrogens with zero attached hydrogens (tertiary/aromatic N) is 5. The minimum Gasteiger partial charge on any atom is -0.309 e. The maximum atomic E-state index is 5.38. The fraction of sp³-hybridized carbons (Fsp3) is 0. The highest BCUT2D eigenvalue weighted by atomic mass is 15.2. The Morgan fingerprint density at radius 3 is 1.25 bits per heavy atom. The van der Waals surface area contributed by atoms with Gasteiger partial charge in [0.05, 0.1) is 22.1 Å². The molecule has 11 aromatic carbocycles. The third-order valence-corrected chi connectivity index (χ3v) is 13.7. The van der Waals surface area contributed by atoms with E-state index in [0.717, 1.165) is 60.8 Å². The highest BCUT2D eigenvalue weighted by Crippen LogP contribution is 2.44. The number of para-hydroxylation sites is 2. The molecule has 0 spiro atoms. The Bertz CT molecular complexity index is 4280. The summed E-state index contributed by atoms with van der Waals surface area (Å²) in [6, 6.07) is 84.6. The molecule has 0 saturated carbocycles. The molecule has 68 heavy (non-hydrogen) atoms. The van der Waals surface area contributed by atoms with Gasteiger partial charge in [0.1, 0.15) is 0 Å². The van der Waals surface area contributed by atoms with E-state index in [1.165, 1.54) is 54.2 Å². The number of aromatic nitrogens is 5. The maximum absolute atomic E-state index is 5.38. The van der Waals surface area contributed by atoms with E-state index in [0.29, 0.717) is 17.6 Å². The number of rotatable bonds is 6. The molecule has 3 heterocycles. The normalized spacial score (nSPS) is 11.8. The van der Waals surface area contributed by atoms with Crippen molar-refractivity contribution in [3.8, 4) is 56.7 Å². The second kappa shape index (κ2) is 15.2. The number of hydrogen-bond acceptors (Lipinski definition) is 3. The molecule has 0 aliphatic rings. The lowest BCUT2D eigenvalue weighted by atomic mass is 9.94. The molecule has 14 aromatic rings. The molecule has 0 saturated heterocycles. The van der Waals surface area contributed by atoms with Gasteiger partial charge in [0.25, 0.3) is 0 Å². The van der Waals surface area contributed by atoms with Crippen molar-refractivity contribution in [3.05, 3.63) is 237 Å². The van der Waals surface area contributed by atoms with Crippen LogP contribution >= 0.6 is 0 Å². The van der Waals surface area contributed by atoms with E-state index in [1.54, 1.807) is 0 Å². The Kier molecular flexibility index (Phi) is 8.52. The first kappa shape index (κ1) is 38.1. The molecule has 14 rings (SSSR count). The summed E-state index contributed by atoms with van der Waals surface area (Å²) in [6.45, 7) is 0. The van der Waals surface area contributed by atoms with Crippen LogP contribution in [0.15, 0.2) is 237 Å². The van der Waals surface area contributed by atoms with E-state index in [1.807, 2.05) is 18.2 Å². The van der Waals surface area contributed by atoms with Crippen molar-refractivity contribution in [2.75, 3.05) is 0 Å². The lowest BCUT2D eigenvalue weighted by Crippen LogP contribution is -2.06. The van der Waals surface area contributed by atoms with Crippen LogP contribution in [0.5, 0.6) is 0 Å². The summed E-state index contributed by atoms with van der Waals surface area (Å²) in [7, 11) is 0. The van der Waals surface area contributed by atoms with Crippen molar-refractivity contribution in [3.63, 3.8) is 0 Å². The summed E-state index contributed by atoms with van der Waals surface area (Å²) in [5.41, 5.74) is 11.9. The van der Waals surface area contributed by atoms with Crippen molar-refractivity contribution >= 4 is 75.9 Å². The fourth-order valence-corrected chi connectivity index (χ4v) is 10.7. The summed E-state index contributed by atoms with van der Waals surface area (Å²) in [5, 5.41) is 12.2. The molecule has 0 atom stereocenters. The molecule has 0 radical (unpaired) electrons. The molecular formula is C63H39N5. The second-order valence-electron chi connectivity index (χ2n) is 17.6. The Hall–Kier alpha value is -9.19. The van der Waals surface area contributed by atoms with Crippen LogP contribution in [0, 0.1) is 0 Å². The average Bonchev–Trinajstić information content (AvgIpc) is 3.94. The largest absolute Gasteiger partial charge is 0.309 e. The van der Waals surface area contributed by atoms with Gasteiger partial charge < -0.3 is 4.57 Å². The Labute approximate surface area is 391 Å². The molecule has 0 amide bonds. The Morgan fingerprint density at radius 1 is 0.235 bits per heavy atom. The van der Waals surface area contributed by atoms with Crippen molar-refractivity contribution in [1.82, 2.24) is 24.1 Å². The predicted molar refractivity (Wildman–Crippen MR) is 283 cm³/mol. The predicted octanol–water partition coefficient (Wildman–Crippen LogP) is 16.2. The minimum atomic E-state index is 0.563. The zero-order valence-electron chi connectivity index (χ0n) is 36.8. The van der Waals surface area contributed by atoms with E-state index in [4.69, 9.17) is 15.0 Å². The van der Waals surface area contributed by atoms with Gasteiger partial charge in [-0.15, -0.1) is 0 Å². The van der Waals surface area contributed by atoms with Crippen molar-refractivity contribution < 1.29 is 0 Å². The van der Waals surface area contributed by atoms with Gasteiger partial charge in [-0.1, -0.05) is 188 Å². The monoisotopic (exact) mass is 865 g/mol. The highest BCUT2D eigenvalue weighted by molar-refractivity contribution is 6.29. The van der Waals surface area contributed by atoms with Gasteiger partial charge in [0, 0.05) is 38.4 Å². The Balaban J connectivity index is 0.990. The first-order chi connectivity index (χ1) is 33.7. The average molecular weight is 866 g/mol. The standard InChI is InChI=1S/C63H39N5/c1-3-17-40(18-4-1)42-21-15-22-43(37-42)44-23-16-24-45(38-44)62-64-61(41-19-5-2-6-20-41)65-63(66-62)68-56-32-14-12-30-53(56)60-58(68)36-35-57-59(60)52-29-11-13-31-55(52)67(57)46-33-34-51-49-27-8-7-25-47(49)48-26-9-10-28-50(48)54(51)39-46/h1-39H. The molecule has 5 nitrogen and oxygen atoms in total. The second-order valence-corrected chi connectivity index (χ2v) is 17.6. The summed E-state index contributed by atoms with van der Waals surface area (Å²) < 4.78 is 4.67. The van der Waals surface area contributed by atoms with Gasteiger partial charge in [-0.2, -0.15) is 9.97 Å².